The Morgan fingerprint density at radius 2 is 2.00 bits per heavy atom. The molecular formula is C19H18ClFN4O4. The normalized spacial score (nSPS) is 12.0. The molecule has 3 rings (SSSR count). The summed E-state index contributed by atoms with van der Waals surface area (Å²) in [6, 6.07) is 8.47. The second kappa shape index (κ2) is 8.56. The standard InChI is InChI=1S/C19H18ClFN4O4/c1-25-17(19(29)23-11-3-5-15(21)14(20)7-11)13-4-2-10(6-16(13)24-25)18(28)22-8-12(27)9-26/h2-7,12,26-27H,8-9H2,1H3,(H,22,28)(H,23,29)/t12-/m1/s1. The largest absolute Gasteiger partial charge is 0.394 e. The van der Waals surface area contributed by atoms with Gasteiger partial charge in [-0.2, -0.15) is 5.10 Å². The van der Waals surface area contributed by atoms with Gasteiger partial charge >= 0.3 is 0 Å². The number of rotatable bonds is 6. The molecule has 4 N–H and O–H groups in total. The zero-order valence-corrected chi connectivity index (χ0v) is 16.1. The Balaban J connectivity index is 1.84. The van der Waals surface area contributed by atoms with Crippen molar-refractivity contribution in [3.8, 4) is 0 Å². The molecule has 10 heteroatoms. The minimum absolute atomic E-state index is 0.0938. The second-order valence-corrected chi connectivity index (χ2v) is 6.74. The van der Waals surface area contributed by atoms with E-state index in [1.165, 1.54) is 28.9 Å². The van der Waals surface area contributed by atoms with E-state index in [1.807, 2.05) is 0 Å². The monoisotopic (exact) mass is 420 g/mol. The molecule has 152 valence electrons. The van der Waals surface area contributed by atoms with Crippen molar-refractivity contribution in [2.45, 2.75) is 6.10 Å². The van der Waals surface area contributed by atoms with Crippen LogP contribution in [0.2, 0.25) is 5.02 Å². The number of anilines is 1. The predicted molar refractivity (Wildman–Crippen MR) is 106 cm³/mol. The summed E-state index contributed by atoms with van der Waals surface area (Å²) in [5.74, 6) is -1.51. The number of fused-ring (bicyclic) bond motifs is 1. The third-order valence-corrected chi connectivity index (χ3v) is 4.49. The Hall–Kier alpha value is -3.01. The number of carbonyl (C=O) groups excluding carboxylic acids is 2. The summed E-state index contributed by atoms with van der Waals surface area (Å²) in [6.07, 6.45) is -1.05. The maximum Gasteiger partial charge on any atom is 0.274 e. The summed E-state index contributed by atoms with van der Waals surface area (Å²) in [5, 5.41) is 27.9. The number of aliphatic hydroxyl groups excluding tert-OH is 2. The number of hydrogen-bond acceptors (Lipinski definition) is 5. The quantitative estimate of drug-likeness (QED) is 0.484. The molecule has 0 saturated carbocycles. The molecule has 0 fully saturated rings. The molecule has 0 unspecified atom stereocenters. The van der Waals surface area contributed by atoms with E-state index in [0.29, 0.717) is 16.6 Å². The molecule has 0 aliphatic carbocycles. The first-order valence-corrected chi connectivity index (χ1v) is 8.98. The molecule has 8 nitrogen and oxygen atoms in total. The van der Waals surface area contributed by atoms with Gasteiger partial charge in [0.05, 0.1) is 23.3 Å². The molecule has 1 heterocycles. The first-order valence-electron chi connectivity index (χ1n) is 8.60. The molecule has 0 radical (unpaired) electrons. The molecule has 2 aromatic carbocycles. The van der Waals surface area contributed by atoms with Crippen molar-refractivity contribution in [2.24, 2.45) is 7.05 Å². The van der Waals surface area contributed by atoms with Gasteiger partial charge in [0.25, 0.3) is 11.8 Å². The Morgan fingerprint density at radius 3 is 2.69 bits per heavy atom. The number of nitrogens with zero attached hydrogens (tertiary/aromatic N) is 2. The van der Waals surface area contributed by atoms with Gasteiger partial charge in [-0.1, -0.05) is 11.6 Å². The van der Waals surface area contributed by atoms with Crippen LogP contribution in [0.1, 0.15) is 20.8 Å². The van der Waals surface area contributed by atoms with Gasteiger partial charge in [-0.3, -0.25) is 14.3 Å². The molecule has 1 atom stereocenters. The van der Waals surface area contributed by atoms with Gasteiger partial charge in [0.1, 0.15) is 11.5 Å². The fourth-order valence-electron chi connectivity index (χ4n) is 2.75. The van der Waals surface area contributed by atoms with Crippen molar-refractivity contribution in [3.05, 3.63) is 58.5 Å². The number of aryl methyl sites for hydroxylation is 1. The smallest absolute Gasteiger partial charge is 0.274 e. The van der Waals surface area contributed by atoms with Gasteiger partial charge in [0, 0.05) is 30.2 Å². The molecule has 29 heavy (non-hydrogen) atoms. The topological polar surface area (TPSA) is 116 Å². The zero-order valence-electron chi connectivity index (χ0n) is 15.3. The summed E-state index contributed by atoms with van der Waals surface area (Å²) >= 11 is 5.74. The highest BCUT2D eigenvalue weighted by Crippen LogP contribution is 2.23. The van der Waals surface area contributed by atoms with E-state index < -0.39 is 30.3 Å². The molecule has 0 aliphatic heterocycles. The van der Waals surface area contributed by atoms with Crippen molar-refractivity contribution in [1.82, 2.24) is 15.1 Å². The van der Waals surface area contributed by atoms with Crippen LogP contribution in [0, 0.1) is 5.82 Å². The first kappa shape index (κ1) is 20.7. The van der Waals surface area contributed by atoms with E-state index in [9.17, 15) is 19.1 Å². The molecule has 0 spiro atoms. The van der Waals surface area contributed by atoms with Crippen LogP contribution in [-0.4, -0.2) is 51.1 Å². The first-order chi connectivity index (χ1) is 13.8. The van der Waals surface area contributed by atoms with Crippen LogP contribution >= 0.6 is 11.6 Å². The van der Waals surface area contributed by atoms with Crippen LogP contribution in [0.4, 0.5) is 10.1 Å². The Bertz CT molecular complexity index is 1090. The molecule has 0 bridgehead atoms. The maximum atomic E-state index is 13.3. The van der Waals surface area contributed by atoms with Crippen LogP contribution < -0.4 is 10.6 Å². The molecular weight excluding hydrogens is 403 g/mol. The molecule has 0 aliphatic rings. The summed E-state index contributed by atoms with van der Waals surface area (Å²) < 4.78 is 14.7. The molecule has 3 aromatic rings. The van der Waals surface area contributed by atoms with E-state index in [0.717, 1.165) is 6.07 Å². The van der Waals surface area contributed by atoms with Gasteiger partial charge in [0.2, 0.25) is 0 Å². The van der Waals surface area contributed by atoms with Gasteiger partial charge < -0.3 is 20.8 Å². The number of hydrogen-bond donors (Lipinski definition) is 4. The SMILES string of the molecule is Cn1nc2cc(C(=O)NC[C@@H](O)CO)ccc2c1C(=O)Nc1ccc(F)c(Cl)c1. The molecule has 0 saturated heterocycles. The maximum absolute atomic E-state index is 13.3. The van der Waals surface area contributed by atoms with Crippen LogP contribution in [-0.2, 0) is 7.05 Å². The predicted octanol–water partition coefficient (Wildman–Crippen LogP) is 1.70. The Kier molecular flexibility index (Phi) is 6.12. The van der Waals surface area contributed by atoms with E-state index in [1.54, 1.807) is 13.1 Å². The van der Waals surface area contributed by atoms with E-state index in [2.05, 4.69) is 15.7 Å². The number of aliphatic hydroxyl groups is 2. The van der Waals surface area contributed by atoms with Crippen LogP contribution in [0.25, 0.3) is 10.9 Å². The average molecular weight is 421 g/mol. The van der Waals surface area contributed by atoms with Gasteiger partial charge in [-0.25, -0.2) is 4.39 Å². The lowest BCUT2D eigenvalue weighted by Gasteiger charge is -2.09. The third-order valence-electron chi connectivity index (χ3n) is 4.20. The van der Waals surface area contributed by atoms with Crippen molar-refractivity contribution in [3.63, 3.8) is 0 Å². The van der Waals surface area contributed by atoms with Gasteiger partial charge in [0.15, 0.2) is 0 Å². The lowest BCUT2D eigenvalue weighted by molar-refractivity contribution is 0.0802. The Labute approximate surface area is 169 Å². The third kappa shape index (κ3) is 4.53. The van der Waals surface area contributed by atoms with Crippen molar-refractivity contribution < 1.29 is 24.2 Å². The highest BCUT2D eigenvalue weighted by molar-refractivity contribution is 6.31. The minimum atomic E-state index is -1.05. The van der Waals surface area contributed by atoms with Crippen LogP contribution in [0.5, 0.6) is 0 Å². The van der Waals surface area contributed by atoms with Gasteiger partial charge in [-0.05, 0) is 36.4 Å². The van der Waals surface area contributed by atoms with E-state index in [-0.39, 0.29) is 22.8 Å². The van der Waals surface area contributed by atoms with E-state index >= 15 is 0 Å². The Morgan fingerprint density at radius 1 is 1.24 bits per heavy atom. The lowest BCUT2D eigenvalue weighted by atomic mass is 10.1. The minimum Gasteiger partial charge on any atom is -0.394 e. The lowest BCUT2D eigenvalue weighted by Crippen LogP contribution is -2.33. The summed E-state index contributed by atoms with van der Waals surface area (Å²) in [7, 11) is 1.59. The molecule has 1 aromatic heterocycles. The fourth-order valence-corrected chi connectivity index (χ4v) is 2.93. The van der Waals surface area contributed by atoms with Crippen LogP contribution in [0.3, 0.4) is 0 Å². The number of carbonyl (C=O) groups is 2. The number of amides is 2. The van der Waals surface area contributed by atoms with Crippen LogP contribution in [0.15, 0.2) is 36.4 Å². The van der Waals surface area contributed by atoms with Crippen molar-refractivity contribution >= 4 is 40.0 Å². The van der Waals surface area contributed by atoms with Crippen molar-refractivity contribution in [1.29, 1.82) is 0 Å². The average Bonchev–Trinajstić information content (AvgIpc) is 3.03. The summed E-state index contributed by atoms with van der Waals surface area (Å²) in [6.45, 7) is -0.555. The number of nitrogens with one attached hydrogen (secondary N) is 2. The second-order valence-electron chi connectivity index (χ2n) is 6.33. The number of benzene rings is 2. The fraction of sp³-hybridized carbons (Fsp3) is 0.211. The van der Waals surface area contributed by atoms with Gasteiger partial charge in [-0.15, -0.1) is 0 Å². The molecule has 2 amide bonds. The number of aromatic nitrogens is 2. The highest BCUT2D eigenvalue weighted by atomic mass is 35.5. The zero-order chi connectivity index (χ0) is 21.1. The highest BCUT2D eigenvalue weighted by Gasteiger charge is 2.19. The summed E-state index contributed by atoms with van der Waals surface area (Å²) in [4.78, 5) is 24.9. The summed E-state index contributed by atoms with van der Waals surface area (Å²) in [5.41, 5.74) is 1.29. The van der Waals surface area contributed by atoms with Crippen molar-refractivity contribution in [2.75, 3.05) is 18.5 Å². The van der Waals surface area contributed by atoms with E-state index in [4.69, 9.17) is 16.7 Å². The number of halogens is 2.